The lowest BCUT2D eigenvalue weighted by Gasteiger charge is -2.04. The minimum Gasteiger partial charge on any atom is -0.426 e. The van der Waals surface area contributed by atoms with Gasteiger partial charge in [0.2, 0.25) is 0 Å². The summed E-state index contributed by atoms with van der Waals surface area (Å²) in [4.78, 5) is 4.41. The lowest BCUT2D eigenvalue weighted by Crippen LogP contribution is -1.89. The van der Waals surface area contributed by atoms with Crippen LogP contribution in [0.5, 0.6) is 5.75 Å². The van der Waals surface area contributed by atoms with Gasteiger partial charge in [-0.3, -0.25) is 4.99 Å². The highest BCUT2D eigenvalue weighted by atomic mass is 127. The standard InChI is InChI=1S/C13H9I2NO/c14-12-8-4-5-10(13(12)17-15)9-16-11-6-2-1-3-7-11/h1-9H. The topological polar surface area (TPSA) is 21.6 Å². The van der Waals surface area contributed by atoms with Crippen LogP contribution < -0.4 is 3.07 Å². The number of hydrogen-bond donors (Lipinski definition) is 0. The van der Waals surface area contributed by atoms with Gasteiger partial charge in [-0.2, -0.15) is 0 Å². The zero-order chi connectivity index (χ0) is 12.1. The maximum Gasteiger partial charge on any atom is 0.192 e. The Bertz CT molecular complexity index is 526. The number of rotatable bonds is 3. The molecule has 0 aliphatic heterocycles. The van der Waals surface area contributed by atoms with E-state index < -0.39 is 0 Å². The van der Waals surface area contributed by atoms with Crippen molar-refractivity contribution in [3.05, 3.63) is 57.7 Å². The van der Waals surface area contributed by atoms with Gasteiger partial charge in [0.1, 0.15) is 0 Å². The minimum atomic E-state index is 0.855. The maximum absolute atomic E-state index is 5.34. The van der Waals surface area contributed by atoms with Crippen LogP contribution in [-0.2, 0) is 0 Å². The molecule has 0 spiro atoms. The van der Waals surface area contributed by atoms with Gasteiger partial charge in [-0.15, -0.1) is 0 Å². The Hall–Kier alpha value is -0.630. The van der Waals surface area contributed by atoms with Crippen molar-refractivity contribution in [1.29, 1.82) is 0 Å². The third-order valence-electron chi connectivity index (χ3n) is 2.18. The van der Waals surface area contributed by atoms with Gasteiger partial charge < -0.3 is 3.07 Å². The van der Waals surface area contributed by atoms with Crippen LogP contribution in [0, 0.1) is 3.57 Å². The summed E-state index contributed by atoms with van der Waals surface area (Å²) in [5, 5.41) is 0. The average molecular weight is 449 g/mol. The number of hydrogen-bond acceptors (Lipinski definition) is 2. The van der Waals surface area contributed by atoms with E-state index in [0.717, 1.165) is 20.6 Å². The predicted octanol–water partition coefficient (Wildman–Crippen LogP) is 4.77. The van der Waals surface area contributed by atoms with Gasteiger partial charge in [0, 0.05) is 11.8 Å². The quantitative estimate of drug-likeness (QED) is 0.489. The van der Waals surface area contributed by atoms with Crippen LogP contribution in [0.2, 0.25) is 0 Å². The Morgan fingerprint density at radius 2 is 1.76 bits per heavy atom. The summed E-state index contributed by atoms with van der Waals surface area (Å²) in [5.41, 5.74) is 1.92. The average Bonchev–Trinajstić information content (AvgIpc) is 2.37. The molecule has 0 aliphatic carbocycles. The number of aliphatic imine (C=N–C) groups is 1. The molecule has 0 bridgehead atoms. The summed E-state index contributed by atoms with van der Waals surface area (Å²) >= 11 is 4.14. The van der Waals surface area contributed by atoms with E-state index in [-0.39, 0.29) is 0 Å². The first-order valence-electron chi connectivity index (χ1n) is 4.97. The molecule has 86 valence electrons. The molecule has 0 aromatic heterocycles. The molecule has 2 rings (SSSR count). The molecule has 0 aliphatic rings. The summed E-state index contributed by atoms with van der Waals surface area (Å²) in [7, 11) is 0. The minimum absolute atomic E-state index is 0.855. The van der Waals surface area contributed by atoms with Crippen molar-refractivity contribution in [3.63, 3.8) is 0 Å². The van der Waals surface area contributed by atoms with E-state index in [1.54, 1.807) is 0 Å². The lowest BCUT2D eigenvalue weighted by molar-refractivity contribution is 0.709. The van der Waals surface area contributed by atoms with Crippen molar-refractivity contribution in [2.45, 2.75) is 0 Å². The second-order valence-electron chi connectivity index (χ2n) is 3.33. The van der Waals surface area contributed by atoms with Gasteiger partial charge in [-0.25, -0.2) is 0 Å². The highest BCUT2D eigenvalue weighted by molar-refractivity contribution is 14.1. The zero-order valence-corrected chi connectivity index (χ0v) is 13.1. The van der Waals surface area contributed by atoms with Gasteiger partial charge in [-0.1, -0.05) is 24.3 Å². The molecule has 0 atom stereocenters. The second kappa shape index (κ2) is 6.34. The molecule has 17 heavy (non-hydrogen) atoms. The molecule has 0 saturated carbocycles. The Morgan fingerprint density at radius 1 is 1.00 bits per heavy atom. The highest BCUT2D eigenvalue weighted by Crippen LogP contribution is 2.26. The molecule has 0 fully saturated rings. The molecule has 0 saturated heterocycles. The van der Waals surface area contributed by atoms with Gasteiger partial charge in [0.25, 0.3) is 0 Å². The van der Waals surface area contributed by atoms with E-state index in [1.165, 1.54) is 0 Å². The lowest BCUT2D eigenvalue weighted by atomic mass is 10.2. The van der Waals surface area contributed by atoms with Crippen LogP contribution >= 0.6 is 45.6 Å². The van der Waals surface area contributed by atoms with Crippen LogP contribution in [0.25, 0.3) is 0 Å². The molecular weight excluding hydrogens is 440 g/mol. The summed E-state index contributed by atoms with van der Waals surface area (Å²) in [6.07, 6.45) is 1.82. The maximum atomic E-state index is 5.34. The summed E-state index contributed by atoms with van der Waals surface area (Å²) in [6, 6.07) is 15.8. The zero-order valence-electron chi connectivity index (χ0n) is 8.81. The Balaban J connectivity index is 2.30. The van der Waals surface area contributed by atoms with Crippen molar-refractivity contribution in [1.82, 2.24) is 0 Å². The van der Waals surface area contributed by atoms with Crippen molar-refractivity contribution < 1.29 is 3.07 Å². The Kier molecular flexibility index (Phi) is 4.78. The molecule has 2 nitrogen and oxygen atoms in total. The molecule has 0 amide bonds. The van der Waals surface area contributed by atoms with E-state index >= 15 is 0 Å². The fourth-order valence-corrected chi connectivity index (χ4v) is 2.91. The fraction of sp³-hybridized carbons (Fsp3) is 0. The SMILES string of the molecule is IOc1c(I)cccc1C=Nc1ccccc1. The molecule has 2 aromatic rings. The van der Waals surface area contributed by atoms with Crippen molar-refractivity contribution >= 4 is 57.5 Å². The molecule has 0 heterocycles. The van der Waals surface area contributed by atoms with Crippen LogP contribution in [0.15, 0.2) is 53.5 Å². The molecule has 0 N–H and O–H groups in total. The van der Waals surface area contributed by atoms with E-state index in [2.05, 4.69) is 27.6 Å². The first kappa shape index (κ1) is 12.8. The second-order valence-corrected chi connectivity index (χ2v) is 4.93. The van der Waals surface area contributed by atoms with Crippen molar-refractivity contribution in [2.75, 3.05) is 0 Å². The number of benzene rings is 2. The third kappa shape index (κ3) is 3.41. The van der Waals surface area contributed by atoms with Crippen molar-refractivity contribution in [2.24, 2.45) is 4.99 Å². The molecule has 0 unspecified atom stereocenters. The fourth-order valence-electron chi connectivity index (χ4n) is 1.37. The van der Waals surface area contributed by atoms with Gasteiger partial charge in [0.15, 0.2) is 28.8 Å². The molecule has 2 aromatic carbocycles. The smallest absolute Gasteiger partial charge is 0.192 e. The van der Waals surface area contributed by atoms with Crippen molar-refractivity contribution in [3.8, 4) is 5.75 Å². The van der Waals surface area contributed by atoms with Crippen LogP contribution in [0.1, 0.15) is 5.56 Å². The van der Waals surface area contributed by atoms with Crippen LogP contribution in [-0.4, -0.2) is 6.21 Å². The Labute approximate surface area is 128 Å². The molecular formula is C13H9I2NO. The monoisotopic (exact) mass is 449 g/mol. The number of para-hydroxylation sites is 2. The largest absolute Gasteiger partial charge is 0.426 e. The van der Waals surface area contributed by atoms with E-state index in [4.69, 9.17) is 3.07 Å². The van der Waals surface area contributed by atoms with Gasteiger partial charge in [0.05, 0.1) is 9.26 Å². The normalized spacial score (nSPS) is 10.7. The number of halogens is 2. The van der Waals surface area contributed by atoms with Gasteiger partial charge >= 0.3 is 0 Å². The first-order valence-corrected chi connectivity index (χ1v) is 6.93. The Morgan fingerprint density at radius 3 is 2.47 bits per heavy atom. The van der Waals surface area contributed by atoms with E-state index in [0.29, 0.717) is 0 Å². The summed E-state index contributed by atoms with van der Waals surface area (Å²) < 4.78 is 6.41. The third-order valence-corrected chi connectivity index (χ3v) is 3.47. The van der Waals surface area contributed by atoms with Gasteiger partial charge in [-0.05, 0) is 46.9 Å². The predicted molar refractivity (Wildman–Crippen MR) is 87.5 cm³/mol. The highest BCUT2D eigenvalue weighted by Gasteiger charge is 2.04. The summed E-state index contributed by atoms with van der Waals surface area (Å²) in [5.74, 6) is 0.855. The summed E-state index contributed by atoms with van der Waals surface area (Å²) in [6.45, 7) is 0. The first-order chi connectivity index (χ1) is 8.31. The molecule has 0 radical (unpaired) electrons. The van der Waals surface area contributed by atoms with Crippen LogP contribution in [0.4, 0.5) is 5.69 Å². The van der Waals surface area contributed by atoms with E-state index in [1.807, 2.05) is 77.8 Å². The van der Waals surface area contributed by atoms with E-state index in [9.17, 15) is 0 Å². The number of nitrogens with zero attached hydrogens (tertiary/aromatic N) is 1. The molecule has 4 heteroatoms. The van der Waals surface area contributed by atoms with Crippen LogP contribution in [0.3, 0.4) is 0 Å².